The summed E-state index contributed by atoms with van der Waals surface area (Å²) >= 11 is 5.83. The van der Waals surface area contributed by atoms with Gasteiger partial charge in [0, 0.05) is 0 Å². The van der Waals surface area contributed by atoms with Crippen molar-refractivity contribution < 1.29 is 4.84 Å². The van der Waals surface area contributed by atoms with Gasteiger partial charge in [-0.2, -0.15) is 0 Å². The number of benzene rings is 1. The van der Waals surface area contributed by atoms with Gasteiger partial charge in [0.2, 0.25) is 0 Å². The molecule has 2 aromatic rings. The molecule has 5 heteroatoms. The minimum Gasteiger partial charge on any atom is -0.403 e. The van der Waals surface area contributed by atoms with Crippen molar-refractivity contribution >= 4 is 22.5 Å². The highest BCUT2D eigenvalue weighted by Crippen LogP contribution is 2.11. The van der Waals surface area contributed by atoms with E-state index in [4.69, 9.17) is 16.4 Å². The van der Waals surface area contributed by atoms with Crippen LogP contribution in [0.3, 0.4) is 0 Å². The number of rotatable bonds is 2. The Bertz CT molecular complexity index is 629. The Morgan fingerprint density at radius 2 is 2.00 bits per heavy atom. The van der Waals surface area contributed by atoms with E-state index in [1.165, 1.54) is 4.73 Å². The van der Waals surface area contributed by atoms with E-state index in [0.717, 1.165) is 0 Å². The summed E-state index contributed by atoms with van der Waals surface area (Å²) in [6.07, 6.45) is 0. The fourth-order valence-corrected chi connectivity index (χ4v) is 1.78. The predicted octanol–water partition coefficient (Wildman–Crippen LogP) is 2.36. The first-order valence-electron chi connectivity index (χ1n) is 5.68. The molecule has 0 aliphatic heterocycles. The maximum Gasteiger partial charge on any atom is 0.294 e. The summed E-state index contributed by atoms with van der Waals surface area (Å²) in [6.45, 7) is 5.60. The smallest absolute Gasteiger partial charge is 0.294 e. The van der Waals surface area contributed by atoms with Gasteiger partial charge in [-0.25, -0.2) is 4.98 Å². The van der Waals surface area contributed by atoms with Crippen LogP contribution in [0.1, 0.15) is 26.6 Å². The van der Waals surface area contributed by atoms with Gasteiger partial charge in [-0.15, -0.1) is 16.3 Å². The van der Waals surface area contributed by atoms with Crippen molar-refractivity contribution in [3.05, 3.63) is 40.4 Å². The third-order valence-electron chi connectivity index (χ3n) is 2.29. The minimum atomic E-state index is -0.491. The van der Waals surface area contributed by atoms with E-state index in [0.29, 0.717) is 16.7 Å². The second kappa shape index (κ2) is 4.61. The molecule has 0 atom stereocenters. The number of hydrogen-bond acceptors (Lipinski definition) is 3. The Labute approximate surface area is 110 Å². The third-order valence-corrected chi connectivity index (χ3v) is 2.53. The normalized spacial score (nSPS) is 11.8. The van der Waals surface area contributed by atoms with Gasteiger partial charge < -0.3 is 4.84 Å². The van der Waals surface area contributed by atoms with Gasteiger partial charge >= 0.3 is 0 Å². The molecule has 0 fully saturated rings. The second-order valence-electron chi connectivity index (χ2n) is 4.98. The Morgan fingerprint density at radius 1 is 1.33 bits per heavy atom. The first kappa shape index (κ1) is 12.9. The molecule has 0 N–H and O–H groups in total. The van der Waals surface area contributed by atoms with Crippen LogP contribution in [0.4, 0.5) is 0 Å². The first-order chi connectivity index (χ1) is 8.42. The summed E-state index contributed by atoms with van der Waals surface area (Å²) in [5, 5.41) is 0.524. The van der Waals surface area contributed by atoms with E-state index in [1.54, 1.807) is 18.2 Å². The quantitative estimate of drug-likeness (QED) is 0.784. The Morgan fingerprint density at radius 3 is 2.61 bits per heavy atom. The highest BCUT2D eigenvalue weighted by molar-refractivity contribution is 6.16. The summed E-state index contributed by atoms with van der Waals surface area (Å²) in [7, 11) is 0. The molecule has 96 valence electrons. The van der Waals surface area contributed by atoms with Crippen LogP contribution in [0.25, 0.3) is 10.9 Å². The lowest BCUT2D eigenvalue weighted by molar-refractivity contribution is -0.0246. The van der Waals surface area contributed by atoms with Crippen molar-refractivity contribution in [1.29, 1.82) is 0 Å². The summed E-state index contributed by atoms with van der Waals surface area (Å²) in [5.41, 5.74) is -0.0903. The number of nitrogens with zero attached hydrogens (tertiary/aromatic N) is 2. The van der Waals surface area contributed by atoms with E-state index in [9.17, 15) is 4.79 Å². The Balaban J connectivity index is 2.71. The van der Waals surface area contributed by atoms with Crippen molar-refractivity contribution in [1.82, 2.24) is 9.71 Å². The fraction of sp³-hybridized carbons (Fsp3) is 0.385. The van der Waals surface area contributed by atoms with Crippen LogP contribution in [-0.4, -0.2) is 15.3 Å². The van der Waals surface area contributed by atoms with Crippen LogP contribution < -0.4 is 10.4 Å². The van der Waals surface area contributed by atoms with Gasteiger partial charge in [-0.3, -0.25) is 4.79 Å². The third kappa shape index (κ3) is 2.48. The van der Waals surface area contributed by atoms with Crippen LogP contribution in [0.15, 0.2) is 29.1 Å². The van der Waals surface area contributed by atoms with E-state index in [1.807, 2.05) is 26.8 Å². The second-order valence-corrected chi connectivity index (χ2v) is 5.25. The van der Waals surface area contributed by atoms with E-state index in [2.05, 4.69) is 4.98 Å². The topological polar surface area (TPSA) is 44.1 Å². The van der Waals surface area contributed by atoms with Gasteiger partial charge in [0.15, 0.2) is 5.82 Å². The molecule has 0 saturated heterocycles. The maximum absolute atomic E-state index is 12.3. The maximum atomic E-state index is 12.3. The highest BCUT2D eigenvalue weighted by Gasteiger charge is 2.18. The number of hydrogen-bond donors (Lipinski definition) is 0. The highest BCUT2D eigenvalue weighted by atomic mass is 35.5. The zero-order valence-corrected chi connectivity index (χ0v) is 11.4. The largest absolute Gasteiger partial charge is 0.403 e. The van der Waals surface area contributed by atoms with Gasteiger partial charge in [-0.05, 0) is 32.9 Å². The molecule has 0 aliphatic carbocycles. The molecule has 2 rings (SSSR count). The number of alkyl halides is 1. The number of para-hydroxylation sites is 1. The number of aromatic nitrogens is 2. The zero-order valence-electron chi connectivity index (χ0n) is 10.6. The molecule has 4 nitrogen and oxygen atoms in total. The molecular formula is C13H15ClN2O2. The Hall–Kier alpha value is -1.55. The van der Waals surface area contributed by atoms with Crippen molar-refractivity contribution in [3.8, 4) is 0 Å². The lowest BCUT2D eigenvalue weighted by Crippen LogP contribution is -2.40. The van der Waals surface area contributed by atoms with Crippen LogP contribution in [0.5, 0.6) is 0 Å². The van der Waals surface area contributed by atoms with Crippen molar-refractivity contribution in [2.45, 2.75) is 32.3 Å². The molecule has 0 spiro atoms. The lowest BCUT2D eigenvalue weighted by atomic mass is 10.2. The minimum absolute atomic E-state index is 0.121. The molecular weight excluding hydrogens is 252 g/mol. The molecule has 1 aromatic heterocycles. The fourth-order valence-electron chi connectivity index (χ4n) is 1.62. The molecule has 0 unspecified atom stereocenters. The molecule has 1 heterocycles. The molecule has 1 aromatic carbocycles. The predicted molar refractivity (Wildman–Crippen MR) is 71.9 cm³/mol. The van der Waals surface area contributed by atoms with Crippen molar-refractivity contribution in [2.75, 3.05) is 0 Å². The van der Waals surface area contributed by atoms with Crippen LogP contribution in [0.2, 0.25) is 0 Å². The molecule has 0 amide bonds. The van der Waals surface area contributed by atoms with Gasteiger partial charge in [0.05, 0.1) is 16.8 Å². The molecule has 0 aliphatic rings. The van der Waals surface area contributed by atoms with Crippen LogP contribution in [0, 0.1) is 0 Å². The Kier molecular flexibility index (Phi) is 3.30. The molecule has 0 radical (unpaired) electrons. The van der Waals surface area contributed by atoms with E-state index in [-0.39, 0.29) is 11.4 Å². The van der Waals surface area contributed by atoms with Gasteiger partial charge in [0.1, 0.15) is 5.60 Å². The number of halogens is 1. The summed E-state index contributed by atoms with van der Waals surface area (Å²) in [4.78, 5) is 22.3. The SMILES string of the molecule is CC(C)(C)On1c(CCl)nc2ccccc2c1=O. The van der Waals surface area contributed by atoms with Crippen LogP contribution in [-0.2, 0) is 5.88 Å². The summed E-state index contributed by atoms with van der Waals surface area (Å²) in [6, 6.07) is 7.15. The zero-order chi connectivity index (χ0) is 13.3. The molecule has 0 bridgehead atoms. The first-order valence-corrected chi connectivity index (χ1v) is 6.22. The summed E-state index contributed by atoms with van der Waals surface area (Å²) in [5.74, 6) is 0.533. The molecule has 18 heavy (non-hydrogen) atoms. The standard InChI is InChI=1S/C13H15ClN2O2/c1-13(2,3)18-16-11(8-14)15-10-7-5-4-6-9(10)12(16)17/h4-7H,8H2,1-3H3. The van der Waals surface area contributed by atoms with Crippen LogP contribution >= 0.6 is 11.6 Å². The lowest BCUT2D eigenvalue weighted by Gasteiger charge is -2.23. The molecule has 0 saturated carbocycles. The van der Waals surface area contributed by atoms with Crippen molar-refractivity contribution in [2.24, 2.45) is 0 Å². The average molecular weight is 267 g/mol. The van der Waals surface area contributed by atoms with Gasteiger partial charge in [-0.1, -0.05) is 12.1 Å². The van der Waals surface area contributed by atoms with E-state index >= 15 is 0 Å². The van der Waals surface area contributed by atoms with Gasteiger partial charge in [0.25, 0.3) is 5.56 Å². The average Bonchev–Trinajstić information content (AvgIpc) is 2.31. The number of fused-ring (bicyclic) bond motifs is 1. The monoisotopic (exact) mass is 266 g/mol. The van der Waals surface area contributed by atoms with Crippen molar-refractivity contribution in [3.63, 3.8) is 0 Å². The summed E-state index contributed by atoms with van der Waals surface area (Å²) < 4.78 is 1.19. The van der Waals surface area contributed by atoms with E-state index < -0.39 is 5.60 Å².